The number of para-hydroxylation sites is 3. The second-order valence-corrected chi connectivity index (χ2v) is 7.33. The Hall–Kier alpha value is -3.89. The normalized spacial score (nSPS) is 11.0. The molecule has 0 unspecified atom stereocenters. The van der Waals surface area contributed by atoms with Crippen molar-refractivity contribution in [3.05, 3.63) is 91.1 Å². The molecule has 0 aliphatic rings. The van der Waals surface area contributed by atoms with Crippen LogP contribution in [0.3, 0.4) is 0 Å². The molecule has 33 heavy (non-hydrogen) atoms. The molecule has 3 heterocycles. The topological polar surface area (TPSA) is 83.7 Å². The first kappa shape index (κ1) is 21.0. The van der Waals surface area contributed by atoms with Gasteiger partial charge in [0.2, 0.25) is 6.20 Å². The van der Waals surface area contributed by atoms with E-state index in [1.54, 1.807) is 34.7 Å². The molecule has 164 valence electrons. The Kier molecular flexibility index (Phi) is 5.23. The summed E-state index contributed by atoms with van der Waals surface area (Å²) in [5.41, 5.74) is 4.53. The van der Waals surface area contributed by atoms with Crippen LogP contribution in [0.1, 0.15) is 0 Å². The molecule has 0 spiro atoms. The average Bonchev–Trinajstić information content (AvgIpc) is 3.44. The molecule has 3 aromatic heterocycles. The Morgan fingerprint density at radius 3 is 2.12 bits per heavy atom. The van der Waals surface area contributed by atoms with E-state index in [2.05, 4.69) is 11.2 Å². The summed E-state index contributed by atoms with van der Waals surface area (Å²) in [7, 11) is 0. The maximum Gasteiger partial charge on any atom is 0.296 e. The van der Waals surface area contributed by atoms with Crippen molar-refractivity contribution in [2.75, 3.05) is 0 Å². The summed E-state index contributed by atoms with van der Waals surface area (Å²) in [6.07, 6.45) is 3.17. The third-order valence-electron chi connectivity index (χ3n) is 5.36. The van der Waals surface area contributed by atoms with Gasteiger partial charge in [0, 0.05) is 43.8 Å². The molecule has 0 aliphatic carbocycles. The van der Waals surface area contributed by atoms with Crippen LogP contribution in [0.2, 0.25) is 0 Å². The molecule has 0 fully saturated rings. The molecule has 0 atom stereocenters. The molecule has 6 aromatic rings. The van der Waals surface area contributed by atoms with E-state index in [0.717, 1.165) is 11.3 Å². The van der Waals surface area contributed by atoms with Crippen molar-refractivity contribution in [1.82, 2.24) is 4.98 Å². The van der Waals surface area contributed by atoms with Crippen LogP contribution in [0.4, 0.5) is 0 Å². The molecule has 0 saturated heterocycles. The predicted molar refractivity (Wildman–Crippen MR) is 118 cm³/mol. The van der Waals surface area contributed by atoms with Gasteiger partial charge in [-0.05, 0) is 24.3 Å². The fourth-order valence-corrected chi connectivity index (χ4v) is 3.87. The van der Waals surface area contributed by atoms with E-state index in [1.165, 1.54) is 0 Å². The predicted octanol–water partition coefficient (Wildman–Crippen LogP) is 5.37. The number of hydrogen-bond acceptors (Lipinski definition) is 5. The van der Waals surface area contributed by atoms with Crippen molar-refractivity contribution in [2.45, 2.75) is 0 Å². The molecule has 0 bridgehead atoms. The van der Waals surface area contributed by atoms with Gasteiger partial charge in [-0.25, -0.2) is 4.40 Å². The van der Waals surface area contributed by atoms with Crippen LogP contribution in [0.5, 0.6) is 11.5 Å². The van der Waals surface area contributed by atoms with Crippen LogP contribution >= 0.6 is 0 Å². The fraction of sp³-hybridized carbons (Fsp3) is 0. The molecule has 7 heteroatoms. The monoisotopic (exact) mass is 615 g/mol. The second kappa shape index (κ2) is 8.23. The maximum absolute atomic E-state index is 10.3. The number of aromatic nitrogens is 2. The zero-order valence-electron chi connectivity index (χ0n) is 17.0. The number of nitrogens with zero attached hydrogens (tertiary/aromatic N) is 2. The van der Waals surface area contributed by atoms with Gasteiger partial charge in [-0.3, -0.25) is 4.98 Å². The summed E-state index contributed by atoms with van der Waals surface area (Å²) in [6, 6.07) is 25.3. The molecular weight excluding hydrogens is 599 g/mol. The molecular formula is C26H16N2O4Pt. The van der Waals surface area contributed by atoms with E-state index >= 15 is 0 Å². The molecule has 0 aliphatic heterocycles. The van der Waals surface area contributed by atoms with Crippen molar-refractivity contribution in [3.63, 3.8) is 0 Å². The maximum atomic E-state index is 10.3. The van der Waals surface area contributed by atoms with Gasteiger partial charge in [0.25, 0.3) is 5.71 Å². The largest absolute Gasteiger partial charge is 0.508 e. The van der Waals surface area contributed by atoms with Gasteiger partial charge in [-0.15, -0.1) is 0 Å². The summed E-state index contributed by atoms with van der Waals surface area (Å²) in [6.45, 7) is 0. The summed E-state index contributed by atoms with van der Waals surface area (Å²) in [5.74, 6) is 0.933. The fourth-order valence-electron chi connectivity index (χ4n) is 3.87. The number of phenolic OH excluding ortho intramolecular Hbond substituents is 2. The Labute approximate surface area is 202 Å². The standard InChI is InChI=1S/C26H16N2O4.Pt/c29-20-11-3-1-7-16(20)17-9-5-13-22-25(17)27-26(32-22)23-15-28-19(10-6-14-24(28)31-23)18-8-2-4-12-21(18)30;/h1-14,29-30H;. The average molecular weight is 616 g/mol. The van der Waals surface area contributed by atoms with Crippen LogP contribution in [-0.2, 0) is 21.1 Å². The number of phenols is 2. The van der Waals surface area contributed by atoms with Crippen LogP contribution in [-0.4, -0.2) is 15.2 Å². The Balaban J connectivity index is 0.00000228. The number of aromatic hydroxyl groups is 2. The second-order valence-electron chi connectivity index (χ2n) is 7.33. The van der Waals surface area contributed by atoms with E-state index in [0.29, 0.717) is 33.7 Å². The quantitative estimate of drug-likeness (QED) is 0.207. The van der Waals surface area contributed by atoms with Crippen molar-refractivity contribution in [1.29, 1.82) is 0 Å². The van der Waals surface area contributed by atoms with Crippen molar-refractivity contribution < 1.29 is 44.5 Å². The van der Waals surface area contributed by atoms with Crippen LogP contribution in [0.25, 0.3) is 50.8 Å². The Morgan fingerprint density at radius 1 is 0.697 bits per heavy atom. The van der Waals surface area contributed by atoms with Crippen molar-refractivity contribution >= 4 is 16.8 Å². The van der Waals surface area contributed by atoms with Crippen LogP contribution < -0.4 is 4.40 Å². The molecule has 6 nitrogen and oxygen atoms in total. The van der Waals surface area contributed by atoms with E-state index in [-0.39, 0.29) is 38.5 Å². The van der Waals surface area contributed by atoms with Gasteiger partial charge >= 0.3 is 0 Å². The smallest absolute Gasteiger partial charge is 0.296 e. The third-order valence-corrected chi connectivity index (χ3v) is 5.36. The van der Waals surface area contributed by atoms with E-state index in [9.17, 15) is 10.2 Å². The molecule has 2 N–H and O–H groups in total. The summed E-state index contributed by atoms with van der Waals surface area (Å²) < 4.78 is 13.7. The minimum Gasteiger partial charge on any atom is -0.508 e. The van der Waals surface area contributed by atoms with Crippen molar-refractivity contribution in [3.8, 4) is 45.5 Å². The number of fused-ring (bicyclic) bond motifs is 2. The van der Waals surface area contributed by atoms with Gasteiger partial charge in [0.05, 0.1) is 0 Å². The molecule has 0 amide bonds. The van der Waals surface area contributed by atoms with Gasteiger partial charge in [-0.1, -0.05) is 54.6 Å². The SMILES string of the molecule is Oc1ccccc1-c1cccc2oc(-c3[c-][n+]4c(-c5ccccc5O)cccc4o3)nc12.[Pt]. The first-order chi connectivity index (χ1) is 15.7. The Morgan fingerprint density at radius 2 is 1.36 bits per heavy atom. The first-order valence-corrected chi connectivity index (χ1v) is 10.0. The van der Waals surface area contributed by atoms with E-state index in [4.69, 9.17) is 8.83 Å². The first-order valence-electron chi connectivity index (χ1n) is 10.0. The Bertz CT molecular complexity index is 1500. The molecule has 3 aromatic carbocycles. The van der Waals surface area contributed by atoms with E-state index in [1.807, 2.05) is 54.6 Å². The minimum atomic E-state index is 0. The zero-order valence-corrected chi connectivity index (χ0v) is 19.3. The third kappa shape index (κ3) is 3.49. The number of hydrogen-bond donors (Lipinski definition) is 2. The number of pyridine rings is 1. The summed E-state index contributed by atoms with van der Waals surface area (Å²) in [5, 5.41) is 20.6. The van der Waals surface area contributed by atoms with E-state index < -0.39 is 0 Å². The van der Waals surface area contributed by atoms with Gasteiger partial charge in [-0.2, -0.15) is 0 Å². The van der Waals surface area contributed by atoms with Gasteiger partial charge in [0.1, 0.15) is 28.3 Å². The molecule has 6 rings (SSSR count). The van der Waals surface area contributed by atoms with Crippen molar-refractivity contribution in [2.24, 2.45) is 0 Å². The van der Waals surface area contributed by atoms with Crippen LogP contribution in [0.15, 0.2) is 93.8 Å². The summed E-state index contributed by atoms with van der Waals surface area (Å²) >= 11 is 0. The number of benzene rings is 3. The molecule has 0 radical (unpaired) electrons. The number of oxazole rings is 2. The van der Waals surface area contributed by atoms with Gasteiger partial charge in [0.15, 0.2) is 11.7 Å². The summed E-state index contributed by atoms with van der Waals surface area (Å²) in [4.78, 5) is 4.65. The zero-order chi connectivity index (χ0) is 21.7. The molecule has 0 saturated carbocycles. The van der Waals surface area contributed by atoms with Crippen LogP contribution in [0, 0.1) is 6.20 Å². The minimum absolute atomic E-state index is 0. The van der Waals surface area contributed by atoms with Gasteiger partial charge < -0.3 is 19.0 Å². The number of rotatable bonds is 3.